The Labute approximate surface area is 490 Å². The second kappa shape index (κ2) is 26.6. The Bertz CT molecular complexity index is 2730. The minimum atomic E-state index is -6.75. The minimum absolute atomic E-state index is 0.864. The molecule has 80 heavy (non-hydrogen) atoms. The standard InChI is InChI=1S/3C24H28OS.O.Sb/c3*1-4-19-7-13-22(14-8-19)26(25,23-15-9-20(5-2)10-16-23)24-17-11-21(6-3)12-18-24;;/h3*7-18,25H,4-6H2,1-3H3;;/q;;;;+3/p-3. The van der Waals surface area contributed by atoms with Crippen molar-refractivity contribution in [2.24, 2.45) is 0 Å². The van der Waals surface area contributed by atoms with Crippen LogP contribution in [0.15, 0.2) is 262 Å². The average Bonchev–Trinajstić information content (AvgIpc) is 3.65. The van der Waals surface area contributed by atoms with Crippen LogP contribution in [0.2, 0.25) is 0 Å². The predicted octanol–water partition coefficient (Wildman–Crippen LogP) is 20.7. The van der Waals surface area contributed by atoms with Crippen LogP contribution in [0.5, 0.6) is 0 Å². The zero-order valence-electron chi connectivity index (χ0n) is 48.5. The molecule has 0 spiro atoms. The molecule has 4 nitrogen and oxygen atoms in total. The Morgan fingerprint density at radius 2 is 0.312 bits per heavy atom. The first-order valence-electron chi connectivity index (χ1n) is 29.0. The molecule has 9 aromatic carbocycles. The van der Waals surface area contributed by atoms with Gasteiger partial charge in [-0.15, -0.1) is 0 Å². The van der Waals surface area contributed by atoms with E-state index in [9.17, 15) is 0 Å². The number of benzene rings is 9. The van der Waals surface area contributed by atoms with Gasteiger partial charge in [-0.1, -0.05) is 0 Å². The van der Waals surface area contributed by atoms with Crippen molar-refractivity contribution in [2.45, 2.75) is 164 Å². The SMILES string of the molecule is CCc1ccc(S([O][Sb](=[O])([O]S(c2ccc(CC)cc2)(c2ccc(CC)cc2)c2ccc(CC)cc2)[O]S(c2ccc(CC)cc2)(c2ccc(CC)cc2)c2ccc(CC)cc2)(c2ccc(CC)cc2)c2ccc(CC)cc2)cc1. The molecule has 0 aromatic heterocycles. The summed E-state index contributed by atoms with van der Waals surface area (Å²) >= 11 is -6.75. The molecule has 0 bridgehead atoms. The third-order valence-corrected chi connectivity index (χ3v) is 35.7. The van der Waals surface area contributed by atoms with E-state index in [2.05, 4.69) is 281 Å². The average molecular weight is 1230 g/mol. The molecule has 0 aliphatic carbocycles. The Kier molecular flexibility index (Phi) is 19.7. The van der Waals surface area contributed by atoms with Crippen LogP contribution < -0.4 is 0 Å². The van der Waals surface area contributed by atoms with Crippen molar-refractivity contribution in [2.75, 3.05) is 0 Å². The van der Waals surface area contributed by atoms with Crippen molar-refractivity contribution >= 4 is 51.0 Å². The molecule has 0 unspecified atom stereocenters. The Hall–Kier alpha value is -5.47. The molecular formula is C72H81O4S3Sb. The molecule has 0 atom stereocenters. The van der Waals surface area contributed by atoms with Crippen molar-refractivity contribution in [3.63, 3.8) is 0 Å². The van der Waals surface area contributed by atoms with Gasteiger partial charge in [0.1, 0.15) is 0 Å². The summed E-state index contributed by atoms with van der Waals surface area (Å²) in [6, 6.07) is 79.3. The van der Waals surface area contributed by atoms with Gasteiger partial charge in [0.2, 0.25) is 0 Å². The Morgan fingerprint density at radius 1 is 0.212 bits per heavy atom. The quantitative estimate of drug-likeness (QED) is 0.0566. The van der Waals surface area contributed by atoms with Gasteiger partial charge < -0.3 is 0 Å². The van der Waals surface area contributed by atoms with Crippen molar-refractivity contribution in [1.82, 2.24) is 0 Å². The fourth-order valence-corrected chi connectivity index (χ4v) is 34.9. The van der Waals surface area contributed by atoms with E-state index in [0.29, 0.717) is 0 Å². The van der Waals surface area contributed by atoms with Crippen LogP contribution in [0.25, 0.3) is 0 Å². The van der Waals surface area contributed by atoms with Gasteiger partial charge in [0.05, 0.1) is 0 Å². The molecule has 416 valence electrons. The van der Waals surface area contributed by atoms with Gasteiger partial charge in [-0.05, 0) is 0 Å². The van der Waals surface area contributed by atoms with E-state index < -0.39 is 51.0 Å². The second-order valence-corrected chi connectivity index (χ2v) is 34.7. The van der Waals surface area contributed by atoms with Crippen LogP contribution in [0.4, 0.5) is 0 Å². The first kappa shape index (κ1) is 59.2. The Balaban J connectivity index is 1.48. The maximum atomic E-state index is 19.0. The summed E-state index contributed by atoms with van der Waals surface area (Å²) in [5.41, 5.74) is 10.8. The summed E-state index contributed by atoms with van der Waals surface area (Å²) in [5, 5.41) is 0. The van der Waals surface area contributed by atoms with E-state index in [-0.39, 0.29) is 0 Å². The summed E-state index contributed by atoms with van der Waals surface area (Å²) < 4.78 is 44.3. The van der Waals surface area contributed by atoms with Crippen molar-refractivity contribution < 1.29 is 10.4 Å². The van der Waals surface area contributed by atoms with Crippen LogP contribution in [0, 0.1) is 0 Å². The number of hydrogen-bond acceptors (Lipinski definition) is 4. The fourth-order valence-electron chi connectivity index (χ4n) is 10.3. The van der Waals surface area contributed by atoms with Crippen LogP contribution in [0.3, 0.4) is 0 Å². The normalized spacial score (nSPS) is 12.8. The molecule has 0 heterocycles. The third kappa shape index (κ3) is 12.2. The molecule has 0 fully saturated rings. The van der Waals surface area contributed by atoms with Crippen molar-refractivity contribution in [1.29, 1.82) is 0 Å². The number of rotatable bonds is 24. The molecule has 0 saturated heterocycles. The predicted molar refractivity (Wildman–Crippen MR) is 339 cm³/mol. The van der Waals surface area contributed by atoms with Crippen LogP contribution >= 0.6 is 30.9 Å². The van der Waals surface area contributed by atoms with Gasteiger partial charge in [0.25, 0.3) is 0 Å². The third-order valence-electron chi connectivity index (χ3n) is 15.6. The van der Waals surface area contributed by atoms with Crippen molar-refractivity contribution in [3.05, 3.63) is 268 Å². The second-order valence-electron chi connectivity index (χ2n) is 20.3. The molecule has 0 amide bonds. The van der Waals surface area contributed by atoms with E-state index in [4.69, 9.17) is 7.38 Å². The molecule has 0 aliphatic rings. The summed E-state index contributed by atoms with van der Waals surface area (Å²) in [5.74, 6) is 0. The van der Waals surface area contributed by atoms with Gasteiger partial charge in [0, 0.05) is 0 Å². The molecule has 9 aromatic rings. The molecule has 0 radical (unpaired) electrons. The van der Waals surface area contributed by atoms with E-state index in [1.54, 1.807) is 0 Å². The molecule has 8 heteroatoms. The topological polar surface area (TPSA) is 44.8 Å². The van der Waals surface area contributed by atoms with E-state index in [1.165, 1.54) is 50.1 Å². The summed E-state index contributed by atoms with van der Waals surface area (Å²) in [4.78, 5) is 8.16. The van der Waals surface area contributed by atoms with Gasteiger partial charge in [-0.25, -0.2) is 0 Å². The first-order valence-corrected chi connectivity index (χ1v) is 37.8. The zero-order valence-corrected chi connectivity index (χ0v) is 53.5. The zero-order chi connectivity index (χ0) is 56.3. The number of aryl methyl sites for hydroxylation is 9. The van der Waals surface area contributed by atoms with Gasteiger partial charge >= 0.3 is 494 Å². The molecule has 0 saturated carbocycles. The van der Waals surface area contributed by atoms with Gasteiger partial charge in [-0.2, -0.15) is 0 Å². The van der Waals surface area contributed by atoms with Crippen LogP contribution in [-0.4, -0.2) is 20.1 Å². The molecule has 9 rings (SSSR count). The summed E-state index contributed by atoms with van der Waals surface area (Å²) in [6.07, 6.45) is 7.78. The van der Waals surface area contributed by atoms with E-state index in [0.717, 1.165) is 102 Å². The summed E-state index contributed by atoms with van der Waals surface area (Å²) in [6.45, 7) is 19.7. The Morgan fingerprint density at radius 3 is 0.400 bits per heavy atom. The molecule has 0 N–H and O–H groups in total. The maximum absolute atomic E-state index is 19.0. The molecular weight excluding hydrogens is 1150 g/mol. The van der Waals surface area contributed by atoms with Gasteiger partial charge in [0.15, 0.2) is 0 Å². The van der Waals surface area contributed by atoms with Gasteiger partial charge in [-0.3, -0.25) is 0 Å². The fraction of sp³-hybridized carbons (Fsp3) is 0.250. The van der Waals surface area contributed by atoms with E-state index in [1.807, 2.05) is 0 Å². The van der Waals surface area contributed by atoms with Crippen molar-refractivity contribution in [3.8, 4) is 0 Å². The summed E-state index contributed by atoms with van der Waals surface area (Å²) in [7, 11) is -9.04. The monoisotopic (exact) mass is 1230 g/mol. The van der Waals surface area contributed by atoms with Crippen LogP contribution in [0.1, 0.15) is 112 Å². The van der Waals surface area contributed by atoms with Crippen LogP contribution in [-0.2, 0) is 68.2 Å². The molecule has 0 aliphatic heterocycles. The number of hydrogen-bond donors (Lipinski definition) is 0. The first-order chi connectivity index (χ1) is 39.0. The van der Waals surface area contributed by atoms with E-state index >= 15 is 3.02 Å².